The molecule has 0 atom stereocenters. The first-order valence-electron chi connectivity index (χ1n) is 9.91. The number of amides is 1. The van der Waals surface area contributed by atoms with Gasteiger partial charge in [0.15, 0.2) is 0 Å². The molecule has 6 nitrogen and oxygen atoms in total. The summed E-state index contributed by atoms with van der Waals surface area (Å²) in [4.78, 5) is 12.7. The molecule has 0 saturated heterocycles. The molecule has 1 amide bonds. The number of anilines is 1. The first-order valence-corrected chi connectivity index (χ1v) is 11.7. The summed E-state index contributed by atoms with van der Waals surface area (Å²) in [5.74, 6) is -0.571. The van der Waals surface area contributed by atoms with Crippen LogP contribution < -0.4 is 9.73 Å². The standard InChI is InChI=1S/C24H24ClN3O3S/c1-17-4-8-20(9-5-17)15-26-27-24(29)16-28(23-13-10-21(25)14-19(23)3)32(30,31)22-11-6-18(2)7-12-22/h4-15H,16H2,1-3H3,(H,27,29)/b26-15+. The Hall–Kier alpha value is -3.16. The number of aryl methyl sites for hydroxylation is 3. The Morgan fingerprint density at radius 1 is 0.969 bits per heavy atom. The van der Waals surface area contributed by atoms with Crippen molar-refractivity contribution in [2.24, 2.45) is 5.10 Å². The van der Waals surface area contributed by atoms with E-state index in [1.54, 1.807) is 37.3 Å². The van der Waals surface area contributed by atoms with Gasteiger partial charge in [0.05, 0.1) is 16.8 Å². The van der Waals surface area contributed by atoms with Crippen LogP contribution in [-0.4, -0.2) is 27.1 Å². The van der Waals surface area contributed by atoms with E-state index < -0.39 is 22.5 Å². The maximum absolute atomic E-state index is 13.4. The van der Waals surface area contributed by atoms with Crippen molar-refractivity contribution in [3.8, 4) is 0 Å². The van der Waals surface area contributed by atoms with E-state index in [4.69, 9.17) is 11.6 Å². The Bertz CT molecular complexity index is 1240. The smallest absolute Gasteiger partial charge is 0.264 e. The molecule has 0 aliphatic rings. The summed E-state index contributed by atoms with van der Waals surface area (Å²) in [6.45, 7) is 5.15. The molecule has 0 spiro atoms. The molecule has 3 aromatic carbocycles. The lowest BCUT2D eigenvalue weighted by Gasteiger charge is -2.25. The molecule has 32 heavy (non-hydrogen) atoms. The highest BCUT2D eigenvalue weighted by atomic mass is 35.5. The molecule has 1 N–H and O–H groups in total. The van der Waals surface area contributed by atoms with Crippen LogP contribution in [0.2, 0.25) is 5.02 Å². The molecule has 0 saturated carbocycles. The van der Waals surface area contributed by atoms with Gasteiger partial charge in [-0.05, 0) is 62.2 Å². The van der Waals surface area contributed by atoms with Gasteiger partial charge in [0.2, 0.25) is 0 Å². The third kappa shape index (κ3) is 5.75. The number of hydrogen-bond donors (Lipinski definition) is 1. The van der Waals surface area contributed by atoms with Gasteiger partial charge < -0.3 is 0 Å². The molecule has 0 bridgehead atoms. The third-order valence-corrected chi connectivity index (χ3v) is 6.81. The van der Waals surface area contributed by atoms with Gasteiger partial charge in [0.25, 0.3) is 15.9 Å². The van der Waals surface area contributed by atoms with Crippen molar-refractivity contribution < 1.29 is 13.2 Å². The van der Waals surface area contributed by atoms with Gasteiger partial charge >= 0.3 is 0 Å². The number of rotatable bonds is 7. The minimum Gasteiger partial charge on any atom is -0.271 e. The zero-order valence-corrected chi connectivity index (χ0v) is 19.6. The largest absolute Gasteiger partial charge is 0.271 e. The Kier molecular flexibility index (Phi) is 7.33. The fourth-order valence-corrected chi connectivity index (χ4v) is 4.75. The monoisotopic (exact) mass is 469 g/mol. The predicted molar refractivity (Wildman–Crippen MR) is 129 cm³/mol. The average molecular weight is 470 g/mol. The van der Waals surface area contributed by atoms with Crippen molar-refractivity contribution in [3.63, 3.8) is 0 Å². The molecular weight excluding hydrogens is 446 g/mol. The van der Waals surface area contributed by atoms with Crippen LogP contribution >= 0.6 is 11.6 Å². The number of benzene rings is 3. The molecule has 3 rings (SSSR count). The molecular formula is C24H24ClN3O3S. The number of nitrogens with one attached hydrogen (secondary N) is 1. The van der Waals surface area contributed by atoms with Gasteiger partial charge in [-0.3, -0.25) is 9.10 Å². The second-order valence-corrected chi connectivity index (χ2v) is 9.76. The predicted octanol–water partition coefficient (Wildman–Crippen LogP) is 4.61. The molecule has 0 radical (unpaired) electrons. The van der Waals surface area contributed by atoms with Crippen LogP contribution in [0.15, 0.2) is 76.7 Å². The zero-order chi connectivity index (χ0) is 23.3. The van der Waals surface area contributed by atoms with Gasteiger partial charge in [-0.2, -0.15) is 5.10 Å². The normalized spacial score (nSPS) is 11.5. The quantitative estimate of drug-likeness (QED) is 0.405. The highest BCUT2D eigenvalue weighted by Crippen LogP contribution is 2.29. The van der Waals surface area contributed by atoms with E-state index in [1.807, 2.05) is 38.1 Å². The Morgan fingerprint density at radius 2 is 1.56 bits per heavy atom. The SMILES string of the molecule is Cc1ccc(/C=N/NC(=O)CN(c2ccc(Cl)cc2C)S(=O)(=O)c2ccc(C)cc2)cc1. The van der Waals surface area contributed by atoms with Crippen molar-refractivity contribution in [3.05, 3.63) is 94.0 Å². The van der Waals surface area contributed by atoms with E-state index in [9.17, 15) is 13.2 Å². The molecule has 0 aliphatic heterocycles. The summed E-state index contributed by atoms with van der Waals surface area (Å²) in [7, 11) is -4.01. The number of hydrogen-bond acceptors (Lipinski definition) is 4. The van der Waals surface area contributed by atoms with Gasteiger partial charge in [-0.25, -0.2) is 13.8 Å². The summed E-state index contributed by atoms with van der Waals surface area (Å²) in [6, 6.07) is 18.9. The summed E-state index contributed by atoms with van der Waals surface area (Å²) in [5.41, 5.74) is 6.26. The van der Waals surface area contributed by atoms with Crippen molar-refractivity contribution in [2.45, 2.75) is 25.7 Å². The molecule has 8 heteroatoms. The fraction of sp³-hybridized carbons (Fsp3) is 0.167. The van der Waals surface area contributed by atoms with Crippen LogP contribution in [-0.2, 0) is 14.8 Å². The van der Waals surface area contributed by atoms with E-state index in [0.29, 0.717) is 16.3 Å². The van der Waals surface area contributed by atoms with E-state index in [1.165, 1.54) is 18.3 Å². The summed E-state index contributed by atoms with van der Waals surface area (Å²) >= 11 is 6.05. The van der Waals surface area contributed by atoms with E-state index in [-0.39, 0.29) is 4.90 Å². The summed E-state index contributed by atoms with van der Waals surface area (Å²) in [6.07, 6.45) is 1.50. The molecule has 0 unspecified atom stereocenters. The number of sulfonamides is 1. The second-order valence-electron chi connectivity index (χ2n) is 7.46. The third-order valence-electron chi connectivity index (χ3n) is 4.80. The van der Waals surface area contributed by atoms with Crippen LogP contribution in [0.1, 0.15) is 22.3 Å². The minimum atomic E-state index is -4.01. The number of nitrogens with zero attached hydrogens (tertiary/aromatic N) is 2. The maximum atomic E-state index is 13.4. The van der Waals surface area contributed by atoms with Gasteiger partial charge in [0, 0.05) is 5.02 Å². The zero-order valence-electron chi connectivity index (χ0n) is 18.0. The Balaban J connectivity index is 1.87. The van der Waals surface area contributed by atoms with E-state index in [2.05, 4.69) is 10.5 Å². The van der Waals surface area contributed by atoms with Crippen LogP contribution in [0.4, 0.5) is 5.69 Å². The van der Waals surface area contributed by atoms with Crippen LogP contribution in [0.25, 0.3) is 0 Å². The first-order chi connectivity index (χ1) is 15.2. The minimum absolute atomic E-state index is 0.0911. The number of halogens is 1. The first kappa shape index (κ1) is 23.5. The Morgan fingerprint density at radius 3 is 2.16 bits per heavy atom. The van der Waals surface area contributed by atoms with E-state index >= 15 is 0 Å². The molecule has 166 valence electrons. The topological polar surface area (TPSA) is 78.8 Å². The van der Waals surface area contributed by atoms with Crippen molar-refractivity contribution in [2.75, 3.05) is 10.8 Å². The maximum Gasteiger partial charge on any atom is 0.264 e. The number of carbonyl (C=O) groups excluding carboxylic acids is 1. The molecule has 0 heterocycles. The summed E-state index contributed by atoms with van der Waals surface area (Å²) < 4.78 is 27.9. The van der Waals surface area contributed by atoms with Crippen molar-refractivity contribution in [1.29, 1.82) is 0 Å². The Labute approximate surface area is 193 Å². The summed E-state index contributed by atoms with van der Waals surface area (Å²) in [5, 5.41) is 4.43. The van der Waals surface area contributed by atoms with Crippen LogP contribution in [0.5, 0.6) is 0 Å². The number of hydrazone groups is 1. The molecule has 0 aromatic heterocycles. The number of carbonyl (C=O) groups is 1. The van der Waals surface area contributed by atoms with Crippen LogP contribution in [0, 0.1) is 20.8 Å². The lowest BCUT2D eigenvalue weighted by atomic mass is 10.2. The highest BCUT2D eigenvalue weighted by Gasteiger charge is 2.28. The molecule has 3 aromatic rings. The van der Waals surface area contributed by atoms with Crippen molar-refractivity contribution in [1.82, 2.24) is 5.43 Å². The molecule has 0 fully saturated rings. The lowest BCUT2D eigenvalue weighted by Crippen LogP contribution is -2.40. The second kappa shape index (κ2) is 9.97. The fourth-order valence-electron chi connectivity index (χ4n) is 3.03. The lowest BCUT2D eigenvalue weighted by molar-refractivity contribution is -0.119. The van der Waals surface area contributed by atoms with Gasteiger partial charge in [-0.1, -0.05) is 59.1 Å². The van der Waals surface area contributed by atoms with Gasteiger partial charge in [0.1, 0.15) is 6.54 Å². The van der Waals surface area contributed by atoms with Gasteiger partial charge in [-0.15, -0.1) is 0 Å². The molecule has 0 aliphatic carbocycles. The van der Waals surface area contributed by atoms with E-state index in [0.717, 1.165) is 21.0 Å². The highest BCUT2D eigenvalue weighted by molar-refractivity contribution is 7.92. The average Bonchev–Trinajstić information content (AvgIpc) is 2.74. The van der Waals surface area contributed by atoms with Crippen molar-refractivity contribution >= 4 is 39.4 Å². The van der Waals surface area contributed by atoms with Crippen LogP contribution in [0.3, 0.4) is 0 Å².